The Morgan fingerprint density at radius 1 is 1.29 bits per heavy atom. The van der Waals surface area contributed by atoms with E-state index in [0.29, 0.717) is 17.7 Å². The number of rotatable bonds is 4. The normalized spacial score (nSPS) is 20.2. The molecule has 0 radical (unpaired) electrons. The van der Waals surface area contributed by atoms with E-state index in [4.69, 9.17) is 11.6 Å². The largest absolute Gasteiger partial charge is 0.307 e. The number of hydrogen-bond acceptors (Lipinski definition) is 4. The number of hydrogen-bond donors (Lipinski definition) is 0. The van der Waals surface area contributed by atoms with Crippen molar-refractivity contribution in [1.29, 1.82) is 0 Å². The molecule has 1 atom stereocenters. The fourth-order valence-electron chi connectivity index (χ4n) is 2.46. The molecule has 1 aliphatic heterocycles. The molecule has 0 bridgehead atoms. The second-order valence-electron chi connectivity index (χ2n) is 5.06. The van der Waals surface area contributed by atoms with E-state index in [1.807, 2.05) is 0 Å². The molecule has 7 heteroatoms. The monoisotopic (exact) mass is 329 g/mol. The summed E-state index contributed by atoms with van der Waals surface area (Å²) in [6.45, 7) is 1.46. The summed E-state index contributed by atoms with van der Waals surface area (Å²) < 4.78 is 23.2. The van der Waals surface area contributed by atoms with E-state index in [1.165, 1.54) is 11.8 Å². The van der Waals surface area contributed by atoms with Gasteiger partial charge in [-0.05, 0) is 37.6 Å². The molecule has 1 aromatic carbocycles. The number of alkyl halides is 1. The van der Waals surface area contributed by atoms with Crippen molar-refractivity contribution in [2.75, 3.05) is 22.3 Å². The quantitative estimate of drug-likeness (QED) is 0.622. The molecular formula is C14H16ClNO4S. The molecule has 21 heavy (non-hydrogen) atoms. The van der Waals surface area contributed by atoms with Gasteiger partial charge in [-0.25, -0.2) is 8.42 Å². The molecule has 1 heterocycles. The van der Waals surface area contributed by atoms with E-state index < -0.39 is 15.9 Å². The van der Waals surface area contributed by atoms with Crippen molar-refractivity contribution in [3.05, 3.63) is 29.8 Å². The number of Topliss-reactive ketones (excluding diaryl/α,β-unsaturated/α-hetero) is 1. The van der Waals surface area contributed by atoms with Crippen molar-refractivity contribution in [1.82, 2.24) is 0 Å². The molecule has 1 fully saturated rings. The van der Waals surface area contributed by atoms with Gasteiger partial charge in [-0.3, -0.25) is 9.59 Å². The zero-order valence-electron chi connectivity index (χ0n) is 11.6. The zero-order valence-corrected chi connectivity index (χ0v) is 13.2. The van der Waals surface area contributed by atoms with Gasteiger partial charge < -0.3 is 4.90 Å². The van der Waals surface area contributed by atoms with Crippen LogP contribution in [0.1, 0.15) is 23.7 Å². The van der Waals surface area contributed by atoms with Crippen molar-refractivity contribution in [3.8, 4) is 0 Å². The van der Waals surface area contributed by atoms with Crippen molar-refractivity contribution in [2.45, 2.75) is 19.4 Å². The van der Waals surface area contributed by atoms with Crippen LogP contribution in [0, 0.1) is 0 Å². The number of carbonyl (C=O) groups is 2. The van der Waals surface area contributed by atoms with Crippen LogP contribution in [-0.2, 0) is 14.6 Å². The van der Waals surface area contributed by atoms with Gasteiger partial charge in [-0.15, -0.1) is 11.6 Å². The Bertz CT molecular complexity index is 654. The van der Waals surface area contributed by atoms with Crippen LogP contribution < -0.4 is 4.90 Å². The first-order valence-corrected chi connectivity index (χ1v) is 8.89. The lowest BCUT2D eigenvalue weighted by atomic mass is 10.1. The highest BCUT2D eigenvalue weighted by atomic mass is 35.5. The molecule has 114 valence electrons. The number of halogens is 1. The summed E-state index contributed by atoms with van der Waals surface area (Å²) in [6, 6.07) is 6.13. The highest BCUT2D eigenvalue weighted by molar-refractivity contribution is 7.91. The third-order valence-electron chi connectivity index (χ3n) is 3.51. The van der Waals surface area contributed by atoms with Gasteiger partial charge in [0.2, 0.25) is 5.91 Å². The van der Waals surface area contributed by atoms with E-state index in [9.17, 15) is 18.0 Å². The van der Waals surface area contributed by atoms with Crippen LogP contribution in [0.3, 0.4) is 0 Å². The predicted molar refractivity (Wildman–Crippen MR) is 81.7 cm³/mol. The lowest BCUT2D eigenvalue weighted by Crippen LogP contribution is -2.42. The lowest BCUT2D eigenvalue weighted by molar-refractivity contribution is -0.116. The first kappa shape index (κ1) is 16.0. The molecule has 5 nitrogen and oxygen atoms in total. The summed E-state index contributed by atoms with van der Waals surface area (Å²) in [5.74, 6) is -0.598. The van der Waals surface area contributed by atoms with Crippen molar-refractivity contribution >= 4 is 38.8 Å². The first-order valence-electron chi connectivity index (χ1n) is 6.53. The summed E-state index contributed by atoms with van der Waals surface area (Å²) in [6.07, 6.45) is 0.402. The summed E-state index contributed by atoms with van der Waals surface area (Å²) in [5, 5.41) is 0. The fourth-order valence-corrected chi connectivity index (χ4v) is 4.29. The molecule has 2 rings (SSSR count). The van der Waals surface area contributed by atoms with Crippen molar-refractivity contribution in [3.63, 3.8) is 0 Å². The van der Waals surface area contributed by atoms with Crippen LogP contribution in [0.15, 0.2) is 24.3 Å². The van der Waals surface area contributed by atoms with Crippen LogP contribution in [0.5, 0.6) is 0 Å². The van der Waals surface area contributed by atoms with Gasteiger partial charge in [-0.1, -0.05) is 0 Å². The molecule has 0 aliphatic carbocycles. The van der Waals surface area contributed by atoms with E-state index in [1.54, 1.807) is 24.3 Å². The van der Waals surface area contributed by atoms with Gasteiger partial charge in [-0.2, -0.15) is 0 Å². The molecule has 0 saturated carbocycles. The van der Waals surface area contributed by atoms with E-state index >= 15 is 0 Å². The maximum Gasteiger partial charge on any atom is 0.242 e. The number of carbonyl (C=O) groups excluding carboxylic acids is 2. The Kier molecular flexibility index (Phi) is 4.68. The maximum absolute atomic E-state index is 12.1. The van der Waals surface area contributed by atoms with Gasteiger partial charge in [0.1, 0.15) is 5.88 Å². The number of sulfone groups is 1. The number of anilines is 1. The Morgan fingerprint density at radius 3 is 2.33 bits per heavy atom. The van der Waals surface area contributed by atoms with Crippen LogP contribution >= 0.6 is 11.6 Å². The van der Waals surface area contributed by atoms with Gasteiger partial charge in [0.25, 0.3) is 0 Å². The topological polar surface area (TPSA) is 71.5 Å². The third kappa shape index (κ3) is 3.63. The first-order chi connectivity index (χ1) is 9.84. The van der Waals surface area contributed by atoms with E-state index in [2.05, 4.69) is 0 Å². The molecule has 1 saturated heterocycles. The zero-order chi connectivity index (χ0) is 15.6. The molecule has 1 aromatic rings. The number of ketones is 1. The fraction of sp³-hybridized carbons (Fsp3) is 0.429. The van der Waals surface area contributed by atoms with Gasteiger partial charge in [0, 0.05) is 11.3 Å². The molecule has 0 N–H and O–H groups in total. The molecule has 0 aromatic heterocycles. The number of amides is 1. The smallest absolute Gasteiger partial charge is 0.242 e. The summed E-state index contributed by atoms with van der Waals surface area (Å²) in [7, 11) is -3.10. The Labute approximate surface area is 128 Å². The van der Waals surface area contributed by atoms with Gasteiger partial charge in [0.15, 0.2) is 15.6 Å². The van der Waals surface area contributed by atoms with Crippen LogP contribution in [0.2, 0.25) is 0 Å². The van der Waals surface area contributed by atoms with Crippen LogP contribution in [-0.4, -0.2) is 43.5 Å². The van der Waals surface area contributed by atoms with Gasteiger partial charge in [0.05, 0.1) is 17.5 Å². The van der Waals surface area contributed by atoms with Crippen LogP contribution in [0.4, 0.5) is 5.69 Å². The Hall–Kier alpha value is -1.40. The van der Waals surface area contributed by atoms with E-state index in [0.717, 1.165) is 0 Å². The standard InChI is InChI=1S/C14H16ClNO4S/c1-10(17)11-2-4-12(5-3-11)16(14(18)8-15)13-6-7-21(19,20)9-13/h2-5,13H,6-9H2,1H3/t13-/m0/s1. The second kappa shape index (κ2) is 6.15. The summed E-state index contributed by atoms with van der Waals surface area (Å²) in [4.78, 5) is 24.8. The molecule has 1 aliphatic rings. The highest BCUT2D eigenvalue weighted by Crippen LogP contribution is 2.25. The van der Waals surface area contributed by atoms with Crippen molar-refractivity contribution in [2.24, 2.45) is 0 Å². The molecule has 1 amide bonds. The van der Waals surface area contributed by atoms with Crippen LogP contribution in [0.25, 0.3) is 0 Å². The average Bonchev–Trinajstić information content (AvgIpc) is 2.79. The highest BCUT2D eigenvalue weighted by Gasteiger charge is 2.35. The number of nitrogens with zero attached hydrogens (tertiary/aromatic N) is 1. The minimum Gasteiger partial charge on any atom is -0.307 e. The van der Waals surface area contributed by atoms with Crippen molar-refractivity contribution < 1.29 is 18.0 Å². The Balaban J connectivity index is 2.32. The molecular weight excluding hydrogens is 314 g/mol. The molecule has 0 spiro atoms. The van der Waals surface area contributed by atoms with E-state index in [-0.39, 0.29) is 29.1 Å². The lowest BCUT2D eigenvalue weighted by Gasteiger charge is -2.27. The minimum absolute atomic E-state index is 0.0515. The minimum atomic E-state index is -3.10. The molecule has 0 unspecified atom stereocenters. The van der Waals surface area contributed by atoms with Gasteiger partial charge >= 0.3 is 0 Å². The third-order valence-corrected chi connectivity index (χ3v) is 5.49. The maximum atomic E-state index is 12.1. The predicted octanol–water partition coefficient (Wildman–Crippen LogP) is 1.65. The average molecular weight is 330 g/mol. The second-order valence-corrected chi connectivity index (χ2v) is 7.55. The number of benzene rings is 1. The summed E-state index contributed by atoms with van der Waals surface area (Å²) in [5.41, 5.74) is 1.10. The summed E-state index contributed by atoms with van der Waals surface area (Å²) >= 11 is 5.63. The SMILES string of the molecule is CC(=O)c1ccc(N(C(=O)CCl)[C@H]2CCS(=O)(=O)C2)cc1. The Morgan fingerprint density at radius 2 is 1.90 bits per heavy atom.